The van der Waals surface area contributed by atoms with Crippen LogP contribution in [0.15, 0.2) is 218 Å². The molecule has 0 N–H and O–H groups in total. The third kappa shape index (κ3) is 5.19. The van der Waals surface area contributed by atoms with Gasteiger partial charge < -0.3 is 9.47 Å². The van der Waals surface area contributed by atoms with Gasteiger partial charge in [0.25, 0.3) is 0 Å². The average molecular weight is 713 g/mol. The van der Waals surface area contributed by atoms with E-state index >= 15 is 0 Å². The number of aromatic nitrogens is 1. The number of hydrogen-bond acceptors (Lipinski definition) is 1. The van der Waals surface area contributed by atoms with Crippen molar-refractivity contribution in [3.05, 3.63) is 218 Å². The molecule has 11 rings (SSSR count). The fraction of sp³-hybridized carbons (Fsp3) is 0. The maximum absolute atomic E-state index is 2.44. The van der Waals surface area contributed by atoms with Crippen molar-refractivity contribution >= 4 is 71.2 Å². The van der Waals surface area contributed by atoms with E-state index in [0.29, 0.717) is 0 Å². The normalized spacial score (nSPS) is 11.6. The second-order valence-corrected chi connectivity index (χ2v) is 14.5. The Morgan fingerprint density at radius 2 is 0.964 bits per heavy atom. The quantitative estimate of drug-likeness (QED) is 0.156. The lowest BCUT2D eigenvalue weighted by molar-refractivity contribution is 1.18. The predicted octanol–water partition coefficient (Wildman–Crippen LogP) is 15.0. The predicted molar refractivity (Wildman–Crippen MR) is 239 cm³/mol. The lowest BCUT2D eigenvalue weighted by Crippen LogP contribution is -2.10. The number of fused-ring (bicyclic) bond motifs is 8. The SMILES string of the molecule is c1ccc(-c2cccc(N(c3ccc(-c4cc5ccccc5c5ccc6ccccc6c45)cc3)c3cccc4c3c3ccccc3n4-c3ccccc3)c2)cc1. The molecule has 0 spiro atoms. The third-order valence-corrected chi connectivity index (χ3v) is 11.3. The maximum Gasteiger partial charge on any atom is 0.0562 e. The van der Waals surface area contributed by atoms with Crippen molar-refractivity contribution in [3.8, 4) is 27.9 Å². The highest BCUT2D eigenvalue weighted by Crippen LogP contribution is 2.46. The first-order valence-electron chi connectivity index (χ1n) is 19.3. The van der Waals surface area contributed by atoms with Gasteiger partial charge in [-0.15, -0.1) is 0 Å². The number of nitrogens with zero attached hydrogens (tertiary/aromatic N) is 2. The summed E-state index contributed by atoms with van der Waals surface area (Å²) in [6.07, 6.45) is 0. The summed E-state index contributed by atoms with van der Waals surface area (Å²) in [5.74, 6) is 0. The summed E-state index contributed by atoms with van der Waals surface area (Å²) >= 11 is 0. The first-order chi connectivity index (χ1) is 27.8. The molecular weight excluding hydrogens is 677 g/mol. The molecule has 0 fully saturated rings. The molecule has 0 unspecified atom stereocenters. The smallest absolute Gasteiger partial charge is 0.0562 e. The summed E-state index contributed by atoms with van der Waals surface area (Å²) in [4.78, 5) is 2.44. The first kappa shape index (κ1) is 32.0. The van der Waals surface area contributed by atoms with Crippen LogP contribution in [0.1, 0.15) is 0 Å². The van der Waals surface area contributed by atoms with Gasteiger partial charge in [-0.2, -0.15) is 0 Å². The number of benzene rings is 10. The van der Waals surface area contributed by atoms with E-state index in [2.05, 4.69) is 228 Å². The number of para-hydroxylation sites is 2. The van der Waals surface area contributed by atoms with Gasteiger partial charge in [-0.25, -0.2) is 0 Å². The van der Waals surface area contributed by atoms with Crippen LogP contribution >= 0.6 is 0 Å². The van der Waals surface area contributed by atoms with Crippen LogP contribution in [-0.4, -0.2) is 4.57 Å². The van der Waals surface area contributed by atoms with Gasteiger partial charge in [-0.1, -0.05) is 158 Å². The van der Waals surface area contributed by atoms with Gasteiger partial charge >= 0.3 is 0 Å². The van der Waals surface area contributed by atoms with Crippen molar-refractivity contribution in [2.24, 2.45) is 0 Å². The second-order valence-electron chi connectivity index (χ2n) is 14.5. The van der Waals surface area contributed by atoms with E-state index < -0.39 is 0 Å². The standard InChI is InChI=1S/C54H36N2/c1-3-15-37(16-4-1)40-19-13-22-44(35-40)55(51-27-14-28-52-54(51)48-25-11-12-26-50(48)56(52)42-20-5-2-6-21-42)43-32-29-39(30-33-43)49-36-41-18-8-9-23-45(41)47-34-31-38-17-7-10-24-46(38)53(47)49/h1-36H. The zero-order valence-electron chi connectivity index (χ0n) is 30.7. The van der Waals surface area contributed by atoms with E-state index in [1.165, 1.54) is 76.4 Å². The Morgan fingerprint density at radius 1 is 0.321 bits per heavy atom. The molecule has 0 aliphatic heterocycles. The minimum Gasteiger partial charge on any atom is -0.310 e. The van der Waals surface area contributed by atoms with E-state index in [-0.39, 0.29) is 0 Å². The van der Waals surface area contributed by atoms with E-state index in [1.807, 2.05) is 0 Å². The van der Waals surface area contributed by atoms with Gasteiger partial charge in [0.2, 0.25) is 0 Å². The lowest BCUT2D eigenvalue weighted by Gasteiger charge is -2.27. The Kier molecular flexibility index (Phi) is 7.53. The third-order valence-electron chi connectivity index (χ3n) is 11.3. The maximum atomic E-state index is 2.44. The molecule has 1 aromatic heterocycles. The highest BCUT2D eigenvalue weighted by Gasteiger charge is 2.22. The molecule has 0 amide bonds. The molecule has 2 nitrogen and oxygen atoms in total. The Balaban J connectivity index is 1.15. The van der Waals surface area contributed by atoms with Crippen molar-refractivity contribution in [1.82, 2.24) is 4.57 Å². The molecule has 0 saturated heterocycles. The van der Waals surface area contributed by atoms with Gasteiger partial charge in [-0.05, 0) is 115 Å². The van der Waals surface area contributed by atoms with Crippen molar-refractivity contribution in [2.75, 3.05) is 4.90 Å². The van der Waals surface area contributed by atoms with Crippen molar-refractivity contribution in [3.63, 3.8) is 0 Å². The first-order valence-corrected chi connectivity index (χ1v) is 19.3. The molecule has 0 aliphatic carbocycles. The molecular formula is C54H36N2. The van der Waals surface area contributed by atoms with Crippen LogP contribution in [0.25, 0.3) is 82.1 Å². The topological polar surface area (TPSA) is 8.17 Å². The summed E-state index contributed by atoms with van der Waals surface area (Å²) in [6, 6.07) is 79.5. The molecule has 2 heteroatoms. The van der Waals surface area contributed by atoms with Gasteiger partial charge in [0.15, 0.2) is 0 Å². The molecule has 0 saturated carbocycles. The van der Waals surface area contributed by atoms with Gasteiger partial charge in [0.05, 0.1) is 16.7 Å². The molecule has 0 radical (unpaired) electrons. The zero-order valence-corrected chi connectivity index (χ0v) is 30.7. The molecule has 1 heterocycles. The molecule has 262 valence electrons. The van der Waals surface area contributed by atoms with E-state index in [4.69, 9.17) is 0 Å². The van der Waals surface area contributed by atoms with E-state index in [1.54, 1.807) is 0 Å². The van der Waals surface area contributed by atoms with Gasteiger partial charge in [-0.3, -0.25) is 0 Å². The van der Waals surface area contributed by atoms with Crippen molar-refractivity contribution in [2.45, 2.75) is 0 Å². The number of rotatable bonds is 6. The fourth-order valence-corrected chi connectivity index (χ4v) is 8.82. The highest BCUT2D eigenvalue weighted by molar-refractivity contribution is 6.23. The fourth-order valence-electron chi connectivity index (χ4n) is 8.82. The van der Waals surface area contributed by atoms with Crippen LogP contribution in [0, 0.1) is 0 Å². The average Bonchev–Trinajstić information content (AvgIpc) is 3.62. The Hall–Kier alpha value is -7.42. The van der Waals surface area contributed by atoms with Crippen LogP contribution in [0.2, 0.25) is 0 Å². The van der Waals surface area contributed by atoms with Crippen LogP contribution < -0.4 is 4.90 Å². The monoisotopic (exact) mass is 712 g/mol. The molecule has 0 bridgehead atoms. The summed E-state index contributed by atoms with van der Waals surface area (Å²) < 4.78 is 2.39. The van der Waals surface area contributed by atoms with Crippen molar-refractivity contribution < 1.29 is 0 Å². The number of anilines is 3. The minimum absolute atomic E-state index is 1.10. The molecule has 0 atom stereocenters. The second kappa shape index (κ2) is 13.2. The number of hydrogen-bond donors (Lipinski definition) is 0. The van der Waals surface area contributed by atoms with Gasteiger partial charge in [0, 0.05) is 27.8 Å². The van der Waals surface area contributed by atoms with Crippen LogP contribution in [0.5, 0.6) is 0 Å². The van der Waals surface area contributed by atoms with Crippen LogP contribution in [-0.2, 0) is 0 Å². The largest absolute Gasteiger partial charge is 0.310 e. The highest BCUT2D eigenvalue weighted by atomic mass is 15.1. The summed E-state index contributed by atoms with van der Waals surface area (Å²) in [5, 5.41) is 10.1. The van der Waals surface area contributed by atoms with Crippen molar-refractivity contribution in [1.29, 1.82) is 0 Å². The summed E-state index contributed by atoms with van der Waals surface area (Å²) in [6.45, 7) is 0. The van der Waals surface area contributed by atoms with Crippen LogP contribution in [0.4, 0.5) is 17.1 Å². The molecule has 11 aromatic rings. The molecule has 56 heavy (non-hydrogen) atoms. The summed E-state index contributed by atoms with van der Waals surface area (Å²) in [7, 11) is 0. The Bertz CT molecular complexity index is 3230. The zero-order chi connectivity index (χ0) is 37.0. The Labute approximate surface area is 325 Å². The minimum atomic E-state index is 1.10. The van der Waals surface area contributed by atoms with E-state index in [9.17, 15) is 0 Å². The molecule has 0 aliphatic rings. The van der Waals surface area contributed by atoms with E-state index in [0.717, 1.165) is 22.7 Å². The molecule has 10 aromatic carbocycles. The van der Waals surface area contributed by atoms with Gasteiger partial charge in [0.1, 0.15) is 0 Å². The summed E-state index contributed by atoms with van der Waals surface area (Å²) in [5.41, 5.74) is 11.6. The van der Waals surface area contributed by atoms with Crippen LogP contribution in [0.3, 0.4) is 0 Å². The lowest BCUT2D eigenvalue weighted by atomic mass is 9.90. The Morgan fingerprint density at radius 3 is 1.79 bits per heavy atom.